The van der Waals surface area contributed by atoms with Crippen LogP contribution in [0.15, 0.2) is 36.4 Å². The van der Waals surface area contributed by atoms with Crippen molar-refractivity contribution in [3.05, 3.63) is 64.7 Å². The summed E-state index contributed by atoms with van der Waals surface area (Å²) in [5.41, 5.74) is 17.7. The maximum Gasteiger partial charge on any atom is 0.256 e. The highest BCUT2D eigenvalue weighted by Crippen LogP contribution is 2.34. The molecule has 9 heteroatoms. The predicted octanol–water partition coefficient (Wildman–Crippen LogP) is 1.37. The minimum atomic E-state index is -0.838. The van der Waals surface area contributed by atoms with E-state index in [1.54, 1.807) is 11.0 Å². The maximum atomic E-state index is 14.8. The number of rotatable bonds is 4. The van der Waals surface area contributed by atoms with Gasteiger partial charge in [0.2, 0.25) is 5.91 Å². The van der Waals surface area contributed by atoms with Gasteiger partial charge in [-0.2, -0.15) is 0 Å². The summed E-state index contributed by atoms with van der Waals surface area (Å²) in [5.74, 6) is -1.85. The summed E-state index contributed by atoms with van der Waals surface area (Å²) in [6, 6.07) is 7.53. The highest BCUT2D eigenvalue weighted by Gasteiger charge is 2.48. The van der Waals surface area contributed by atoms with Gasteiger partial charge in [-0.15, -0.1) is 0 Å². The number of piperazine rings is 1. The van der Waals surface area contributed by atoms with Crippen molar-refractivity contribution in [2.24, 2.45) is 11.5 Å². The van der Waals surface area contributed by atoms with Crippen molar-refractivity contribution in [2.45, 2.75) is 24.4 Å². The van der Waals surface area contributed by atoms with E-state index < -0.39 is 29.1 Å². The Morgan fingerprint density at radius 2 is 1.61 bits per heavy atom. The normalized spacial score (nSPS) is 18.6. The van der Waals surface area contributed by atoms with Crippen LogP contribution in [-0.4, -0.2) is 53.3 Å². The van der Waals surface area contributed by atoms with Crippen molar-refractivity contribution in [1.82, 2.24) is 9.80 Å². The molecule has 2 fully saturated rings. The lowest BCUT2D eigenvalue weighted by molar-refractivity contribution is -0.135. The van der Waals surface area contributed by atoms with Crippen LogP contribution in [0.25, 0.3) is 0 Å². The van der Waals surface area contributed by atoms with Crippen LogP contribution >= 0.6 is 0 Å². The number of nitrogens with two attached hydrogens (primary N) is 3. The Labute approximate surface area is 178 Å². The molecule has 1 saturated heterocycles. The van der Waals surface area contributed by atoms with Gasteiger partial charge in [0.15, 0.2) is 0 Å². The molecule has 1 aliphatic carbocycles. The summed E-state index contributed by atoms with van der Waals surface area (Å²) in [6.45, 7) is 1.35. The molecular formula is C22H25F2N5O2. The van der Waals surface area contributed by atoms with Crippen LogP contribution < -0.4 is 17.2 Å². The van der Waals surface area contributed by atoms with Gasteiger partial charge in [-0.1, -0.05) is 18.2 Å². The van der Waals surface area contributed by atoms with E-state index in [1.807, 2.05) is 0 Å². The zero-order valence-corrected chi connectivity index (χ0v) is 17.0. The van der Waals surface area contributed by atoms with Crippen LogP contribution in [0, 0.1) is 11.6 Å². The second-order valence-corrected chi connectivity index (χ2v) is 8.20. The second kappa shape index (κ2) is 7.90. The minimum absolute atomic E-state index is 0.0826. The SMILES string of the molecule is Nc1c(F)cccc1C(N)c1ccc(C(=O)N2CCN(C(=O)C3(N)CC3)CC2)c(F)c1. The molecule has 0 spiro atoms. The van der Waals surface area contributed by atoms with E-state index >= 15 is 0 Å². The third kappa shape index (κ3) is 3.98. The predicted molar refractivity (Wildman–Crippen MR) is 112 cm³/mol. The van der Waals surface area contributed by atoms with Crippen molar-refractivity contribution < 1.29 is 18.4 Å². The topological polar surface area (TPSA) is 119 Å². The smallest absolute Gasteiger partial charge is 0.256 e. The van der Waals surface area contributed by atoms with Crippen LogP contribution in [-0.2, 0) is 4.79 Å². The Balaban J connectivity index is 1.45. The van der Waals surface area contributed by atoms with Crippen molar-refractivity contribution >= 4 is 17.5 Å². The van der Waals surface area contributed by atoms with E-state index in [9.17, 15) is 18.4 Å². The first-order valence-electron chi connectivity index (χ1n) is 10.2. The van der Waals surface area contributed by atoms with Crippen molar-refractivity contribution in [1.29, 1.82) is 0 Å². The number of carbonyl (C=O) groups excluding carboxylic acids is 2. The Morgan fingerprint density at radius 3 is 2.23 bits per heavy atom. The van der Waals surface area contributed by atoms with Gasteiger partial charge >= 0.3 is 0 Å². The third-order valence-electron chi connectivity index (χ3n) is 6.07. The van der Waals surface area contributed by atoms with Gasteiger partial charge in [-0.05, 0) is 42.2 Å². The molecule has 2 amide bonds. The van der Waals surface area contributed by atoms with Crippen LogP contribution in [0.2, 0.25) is 0 Å². The molecule has 2 aromatic rings. The first-order chi connectivity index (χ1) is 14.7. The number of amides is 2. The molecule has 1 aliphatic heterocycles. The number of carbonyl (C=O) groups is 2. The molecule has 1 heterocycles. The molecule has 7 nitrogen and oxygen atoms in total. The number of benzene rings is 2. The first kappa shape index (κ1) is 21.2. The summed E-state index contributed by atoms with van der Waals surface area (Å²) < 4.78 is 28.5. The van der Waals surface area contributed by atoms with Crippen molar-refractivity contribution in [3.8, 4) is 0 Å². The lowest BCUT2D eigenvalue weighted by atomic mass is 9.96. The molecule has 4 rings (SSSR count). The van der Waals surface area contributed by atoms with Crippen LogP contribution in [0.5, 0.6) is 0 Å². The first-order valence-corrected chi connectivity index (χ1v) is 10.2. The summed E-state index contributed by atoms with van der Waals surface area (Å²) in [6.07, 6.45) is 1.37. The number of nitrogen functional groups attached to an aromatic ring is 1. The van der Waals surface area contributed by atoms with E-state index in [0.29, 0.717) is 50.1 Å². The zero-order valence-electron chi connectivity index (χ0n) is 17.0. The number of hydrogen-bond donors (Lipinski definition) is 3. The Bertz CT molecular complexity index is 1030. The quantitative estimate of drug-likeness (QED) is 0.635. The molecule has 2 aromatic carbocycles. The minimum Gasteiger partial charge on any atom is -0.396 e. The summed E-state index contributed by atoms with van der Waals surface area (Å²) >= 11 is 0. The van der Waals surface area contributed by atoms with Crippen LogP contribution in [0.3, 0.4) is 0 Å². The number of nitrogens with zero attached hydrogens (tertiary/aromatic N) is 2. The molecule has 1 unspecified atom stereocenters. The van der Waals surface area contributed by atoms with Crippen molar-refractivity contribution in [2.75, 3.05) is 31.9 Å². The van der Waals surface area contributed by atoms with Gasteiger partial charge in [0.05, 0.1) is 22.8 Å². The van der Waals surface area contributed by atoms with Crippen molar-refractivity contribution in [3.63, 3.8) is 0 Å². The van der Waals surface area contributed by atoms with E-state index in [2.05, 4.69) is 0 Å². The van der Waals surface area contributed by atoms with E-state index in [-0.39, 0.29) is 17.2 Å². The van der Waals surface area contributed by atoms with Crippen LogP contribution in [0.4, 0.5) is 14.5 Å². The van der Waals surface area contributed by atoms with Gasteiger partial charge in [-0.25, -0.2) is 8.78 Å². The van der Waals surface area contributed by atoms with Gasteiger partial charge in [0, 0.05) is 26.2 Å². The van der Waals surface area contributed by atoms with Gasteiger partial charge in [0.25, 0.3) is 5.91 Å². The summed E-state index contributed by atoms with van der Waals surface area (Å²) in [5, 5.41) is 0. The highest BCUT2D eigenvalue weighted by molar-refractivity contribution is 5.95. The molecule has 0 bridgehead atoms. The average molecular weight is 429 g/mol. The zero-order chi connectivity index (χ0) is 22.3. The number of hydrogen-bond acceptors (Lipinski definition) is 5. The monoisotopic (exact) mass is 429 g/mol. The lowest BCUT2D eigenvalue weighted by Gasteiger charge is -2.36. The standard InChI is InChI=1S/C22H25F2N5O2/c23-16-3-1-2-15(19(16)26)18(25)13-4-5-14(17(24)12-13)20(30)28-8-10-29(11-9-28)21(31)22(27)6-7-22/h1-5,12,18H,6-11,25-27H2. The lowest BCUT2D eigenvalue weighted by Crippen LogP contribution is -2.55. The Morgan fingerprint density at radius 1 is 0.968 bits per heavy atom. The fourth-order valence-corrected chi connectivity index (χ4v) is 3.85. The number of halogens is 2. The molecule has 0 aromatic heterocycles. The Hall–Kier alpha value is -3.04. The number of anilines is 1. The molecule has 0 radical (unpaired) electrons. The number of para-hydroxylation sites is 1. The fourth-order valence-electron chi connectivity index (χ4n) is 3.85. The van der Waals surface area contributed by atoms with E-state index in [0.717, 1.165) is 0 Å². The van der Waals surface area contributed by atoms with Gasteiger partial charge < -0.3 is 27.0 Å². The highest BCUT2D eigenvalue weighted by atomic mass is 19.1. The average Bonchev–Trinajstić information content (AvgIpc) is 3.53. The Kier molecular flexibility index (Phi) is 5.40. The van der Waals surface area contributed by atoms with E-state index in [4.69, 9.17) is 17.2 Å². The molecule has 31 heavy (non-hydrogen) atoms. The molecule has 164 valence electrons. The molecule has 1 atom stereocenters. The second-order valence-electron chi connectivity index (χ2n) is 8.20. The summed E-state index contributed by atoms with van der Waals surface area (Å²) in [4.78, 5) is 28.3. The third-order valence-corrected chi connectivity index (χ3v) is 6.07. The molecular weight excluding hydrogens is 404 g/mol. The summed E-state index contributed by atoms with van der Waals surface area (Å²) in [7, 11) is 0. The van der Waals surface area contributed by atoms with Gasteiger partial charge in [-0.3, -0.25) is 9.59 Å². The molecule has 2 aliphatic rings. The largest absolute Gasteiger partial charge is 0.396 e. The van der Waals surface area contributed by atoms with Gasteiger partial charge in [0.1, 0.15) is 11.6 Å². The maximum absolute atomic E-state index is 14.8. The van der Waals surface area contributed by atoms with Crippen LogP contribution in [0.1, 0.15) is 40.4 Å². The fraction of sp³-hybridized carbons (Fsp3) is 0.364. The molecule has 1 saturated carbocycles. The van der Waals surface area contributed by atoms with E-state index in [1.165, 1.54) is 35.2 Å². The molecule has 6 N–H and O–H groups in total.